The summed E-state index contributed by atoms with van der Waals surface area (Å²) < 4.78 is 10.7. The molecule has 0 saturated carbocycles. The molecular weight excluding hydrogens is 392 g/mol. The average Bonchev–Trinajstić information content (AvgIpc) is 2.82. The largest absolute Gasteiger partial charge is 0.493 e. The summed E-state index contributed by atoms with van der Waals surface area (Å²) in [5, 5.41) is 5.66. The van der Waals surface area contributed by atoms with E-state index in [0.29, 0.717) is 34.9 Å². The molecule has 0 atom stereocenters. The first-order valence-electron chi connectivity index (χ1n) is 9.58. The number of anilines is 1. The standard InChI is InChI=1S/C25H22N2O4/c1-3-15-31-23-16-18(9-14-22(23)30-2)17-26-24(28)20-10-12-21(13-11-20)27-25(29)19-7-5-4-6-8-19/h1,4-14,16H,15,17H2,2H3,(H,26,28)(H,27,29). The molecule has 6 nitrogen and oxygen atoms in total. The zero-order chi connectivity index (χ0) is 22.1. The first-order valence-corrected chi connectivity index (χ1v) is 9.58. The van der Waals surface area contributed by atoms with Crippen LogP contribution in [0.15, 0.2) is 72.8 Å². The van der Waals surface area contributed by atoms with Crippen molar-refractivity contribution >= 4 is 17.5 Å². The van der Waals surface area contributed by atoms with Crippen molar-refractivity contribution in [2.75, 3.05) is 19.0 Å². The summed E-state index contributed by atoms with van der Waals surface area (Å²) in [6.07, 6.45) is 5.24. The Morgan fingerprint density at radius 1 is 0.903 bits per heavy atom. The Morgan fingerprint density at radius 2 is 1.61 bits per heavy atom. The smallest absolute Gasteiger partial charge is 0.255 e. The summed E-state index contributed by atoms with van der Waals surface area (Å²) in [5.41, 5.74) is 2.49. The second kappa shape index (κ2) is 10.5. The number of methoxy groups -OCH3 is 1. The molecule has 0 aliphatic carbocycles. The molecule has 0 aliphatic heterocycles. The normalized spacial score (nSPS) is 9.94. The first-order chi connectivity index (χ1) is 15.1. The Kier molecular flexibility index (Phi) is 7.28. The number of carbonyl (C=O) groups is 2. The van der Waals surface area contributed by atoms with Gasteiger partial charge in [0.2, 0.25) is 0 Å². The van der Waals surface area contributed by atoms with Crippen molar-refractivity contribution in [3.8, 4) is 23.8 Å². The van der Waals surface area contributed by atoms with E-state index in [1.165, 1.54) is 0 Å². The van der Waals surface area contributed by atoms with E-state index in [-0.39, 0.29) is 18.4 Å². The maximum Gasteiger partial charge on any atom is 0.255 e. The van der Waals surface area contributed by atoms with Crippen molar-refractivity contribution in [3.63, 3.8) is 0 Å². The van der Waals surface area contributed by atoms with Crippen LogP contribution in [-0.2, 0) is 6.54 Å². The minimum absolute atomic E-state index is 0.124. The fourth-order valence-corrected chi connectivity index (χ4v) is 2.85. The Bertz CT molecular complexity index is 1090. The van der Waals surface area contributed by atoms with Gasteiger partial charge >= 0.3 is 0 Å². The molecule has 0 aliphatic rings. The number of carbonyl (C=O) groups excluding carboxylic acids is 2. The third-order valence-electron chi connectivity index (χ3n) is 4.43. The molecule has 31 heavy (non-hydrogen) atoms. The van der Waals surface area contributed by atoms with Crippen molar-refractivity contribution in [2.45, 2.75) is 6.54 Å². The highest BCUT2D eigenvalue weighted by Gasteiger charge is 2.10. The van der Waals surface area contributed by atoms with Gasteiger partial charge in [-0.05, 0) is 54.1 Å². The minimum Gasteiger partial charge on any atom is -0.493 e. The van der Waals surface area contributed by atoms with Crippen LogP contribution in [0.3, 0.4) is 0 Å². The van der Waals surface area contributed by atoms with Crippen molar-refractivity contribution in [3.05, 3.63) is 89.5 Å². The lowest BCUT2D eigenvalue weighted by molar-refractivity contribution is 0.0950. The molecule has 0 unspecified atom stereocenters. The van der Waals surface area contributed by atoms with Crippen molar-refractivity contribution in [1.82, 2.24) is 5.32 Å². The number of nitrogens with one attached hydrogen (secondary N) is 2. The zero-order valence-electron chi connectivity index (χ0n) is 17.1. The molecule has 3 aromatic rings. The average molecular weight is 414 g/mol. The van der Waals surface area contributed by atoms with Gasteiger partial charge in [-0.2, -0.15) is 0 Å². The molecule has 2 N–H and O–H groups in total. The second-order valence-electron chi connectivity index (χ2n) is 6.56. The van der Waals surface area contributed by atoms with Gasteiger partial charge in [0.15, 0.2) is 11.5 Å². The summed E-state index contributed by atoms with van der Waals surface area (Å²) >= 11 is 0. The number of rotatable bonds is 8. The number of amides is 2. The van der Waals surface area contributed by atoms with E-state index in [0.717, 1.165) is 5.56 Å². The van der Waals surface area contributed by atoms with Crippen LogP contribution in [0.4, 0.5) is 5.69 Å². The Morgan fingerprint density at radius 3 is 2.29 bits per heavy atom. The predicted octanol–water partition coefficient (Wildman–Crippen LogP) is 3.89. The van der Waals surface area contributed by atoms with Crippen LogP contribution in [-0.4, -0.2) is 25.5 Å². The molecule has 0 fully saturated rings. The van der Waals surface area contributed by atoms with Crippen LogP contribution in [0.25, 0.3) is 0 Å². The number of terminal acetylenes is 1. The van der Waals surface area contributed by atoms with Crippen molar-refractivity contribution in [1.29, 1.82) is 0 Å². The third kappa shape index (κ3) is 5.87. The first kappa shape index (κ1) is 21.5. The molecule has 156 valence electrons. The summed E-state index contributed by atoms with van der Waals surface area (Å²) in [5.74, 6) is 3.06. The van der Waals surface area contributed by atoms with Crippen LogP contribution in [0.1, 0.15) is 26.3 Å². The molecule has 0 radical (unpaired) electrons. The van der Waals surface area contributed by atoms with E-state index in [9.17, 15) is 9.59 Å². The maximum absolute atomic E-state index is 12.5. The molecule has 0 aromatic heterocycles. The van der Waals surface area contributed by atoms with Gasteiger partial charge in [-0.15, -0.1) is 6.42 Å². The van der Waals surface area contributed by atoms with Gasteiger partial charge < -0.3 is 20.1 Å². The highest BCUT2D eigenvalue weighted by Crippen LogP contribution is 2.28. The summed E-state index contributed by atoms with van der Waals surface area (Å²) in [7, 11) is 1.55. The molecule has 0 spiro atoms. The highest BCUT2D eigenvalue weighted by molar-refractivity contribution is 6.04. The van der Waals surface area contributed by atoms with Crippen molar-refractivity contribution in [2.24, 2.45) is 0 Å². The molecule has 0 saturated heterocycles. The Balaban J connectivity index is 1.58. The summed E-state index contributed by atoms with van der Waals surface area (Å²) in [4.78, 5) is 24.7. The van der Waals surface area contributed by atoms with Gasteiger partial charge in [0.1, 0.15) is 6.61 Å². The molecule has 0 heterocycles. The number of hydrogen-bond donors (Lipinski definition) is 2. The van der Waals surface area contributed by atoms with E-state index < -0.39 is 0 Å². The van der Waals surface area contributed by atoms with E-state index in [1.807, 2.05) is 12.1 Å². The topological polar surface area (TPSA) is 76.7 Å². The second-order valence-corrected chi connectivity index (χ2v) is 6.56. The SMILES string of the molecule is C#CCOc1cc(CNC(=O)c2ccc(NC(=O)c3ccccc3)cc2)ccc1OC. The van der Waals surface area contributed by atoms with Crippen LogP contribution < -0.4 is 20.1 Å². The van der Waals surface area contributed by atoms with Gasteiger partial charge in [-0.3, -0.25) is 9.59 Å². The molecule has 0 bridgehead atoms. The maximum atomic E-state index is 12.5. The molecular formula is C25H22N2O4. The molecule has 6 heteroatoms. The lowest BCUT2D eigenvalue weighted by Gasteiger charge is -2.12. The monoisotopic (exact) mass is 414 g/mol. The van der Waals surface area contributed by atoms with E-state index in [2.05, 4.69) is 16.6 Å². The minimum atomic E-state index is -0.233. The van der Waals surface area contributed by atoms with Crippen molar-refractivity contribution < 1.29 is 19.1 Å². The third-order valence-corrected chi connectivity index (χ3v) is 4.43. The fourth-order valence-electron chi connectivity index (χ4n) is 2.85. The number of benzene rings is 3. The highest BCUT2D eigenvalue weighted by atomic mass is 16.5. The lowest BCUT2D eigenvalue weighted by atomic mass is 10.1. The van der Waals surface area contributed by atoms with Crippen LogP contribution in [0.5, 0.6) is 11.5 Å². The summed E-state index contributed by atoms with van der Waals surface area (Å²) in [6.45, 7) is 0.432. The van der Waals surface area contributed by atoms with Gasteiger partial charge in [0.25, 0.3) is 11.8 Å². The quantitative estimate of drug-likeness (QED) is 0.549. The van der Waals surface area contributed by atoms with Crippen LogP contribution >= 0.6 is 0 Å². The molecule has 3 rings (SSSR count). The fraction of sp³-hybridized carbons (Fsp3) is 0.120. The van der Waals surface area contributed by atoms with E-state index in [1.54, 1.807) is 67.8 Å². The molecule has 3 aromatic carbocycles. The summed E-state index contributed by atoms with van der Waals surface area (Å²) in [6, 6.07) is 21.0. The lowest BCUT2D eigenvalue weighted by Crippen LogP contribution is -2.22. The number of ether oxygens (including phenoxy) is 2. The van der Waals surface area contributed by atoms with Gasteiger partial charge in [0.05, 0.1) is 7.11 Å². The Labute approximate surface area is 181 Å². The molecule has 2 amide bonds. The number of hydrogen-bond acceptors (Lipinski definition) is 4. The van der Waals surface area contributed by atoms with Gasteiger partial charge in [0, 0.05) is 23.4 Å². The van der Waals surface area contributed by atoms with Crippen LogP contribution in [0.2, 0.25) is 0 Å². The van der Waals surface area contributed by atoms with E-state index >= 15 is 0 Å². The van der Waals surface area contributed by atoms with Gasteiger partial charge in [-0.25, -0.2) is 0 Å². The van der Waals surface area contributed by atoms with Crippen LogP contribution in [0, 0.1) is 12.3 Å². The zero-order valence-corrected chi connectivity index (χ0v) is 17.1. The van der Waals surface area contributed by atoms with E-state index in [4.69, 9.17) is 15.9 Å². The van der Waals surface area contributed by atoms with Gasteiger partial charge in [-0.1, -0.05) is 30.2 Å². The predicted molar refractivity (Wildman–Crippen MR) is 119 cm³/mol. The Hall–Kier alpha value is -4.24.